The van der Waals surface area contributed by atoms with Gasteiger partial charge in [-0.3, -0.25) is 4.90 Å². The van der Waals surface area contributed by atoms with Crippen LogP contribution in [0.3, 0.4) is 0 Å². The van der Waals surface area contributed by atoms with E-state index in [1.54, 1.807) is 0 Å². The van der Waals surface area contributed by atoms with Crippen molar-refractivity contribution in [3.05, 3.63) is 40.9 Å². The van der Waals surface area contributed by atoms with Crippen LogP contribution >= 0.6 is 11.6 Å². The molecular weight excluding hydrogens is 324 g/mol. The molecule has 0 radical (unpaired) electrons. The van der Waals surface area contributed by atoms with Crippen molar-refractivity contribution in [3.63, 3.8) is 0 Å². The quantitative estimate of drug-likeness (QED) is 0.857. The van der Waals surface area contributed by atoms with E-state index in [1.165, 1.54) is 0 Å². The third-order valence-electron chi connectivity index (χ3n) is 4.81. The lowest BCUT2D eigenvalue weighted by atomic mass is 10.1. The van der Waals surface area contributed by atoms with Crippen molar-refractivity contribution in [2.45, 2.75) is 58.2 Å². The van der Waals surface area contributed by atoms with Gasteiger partial charge in [0.1, 0.15) is 0 Å². The molecule has 0 aliphatic carbocycles. The maximum atomic E-state index is 9.73. The molecule has 3 rings (SSSR count). The number of hydrogen-bond acceptors (Lipinski definition) is 4. The summed E-state index contributed by atoms with van der Waals surface area (Å²) in [6.07, 6.45) is 2.80. The van der Waals surface area contributed by atoms with Gasteiger partial charge in [0.25, 0.3) is 0 Å². The molecule has 1 aromatic heterocycles. The summed E-state index contributed by atoms with van der Waals surface area (Å²) in [6.45, 7) is 6.99. The molecule has 1 aliphatic heterocycles. The number of rotatable bonds is 5. The minimum Gasteiger partial charge on any atom is -0.439 e. The SMILES string of the molecule is Cc1nc(C(C)N2CCCC2CC(C)O)oc1-c1ccc(Cl)cc1. The Kier molecular flexibility index (Phi) is 5.28. The van der Waals surface area contributed by atoms with Crippen LogP contribution in [0, 0.1) is 6.92 Å². The first-order valence-corrected chi connectivity index (χ1v) is 9.00. The highest BCUT2D eigenvalue weighted by Crippen LogP contribution is 2.34. The monoisotopic (exact) mass is 348 g/mol. The highest BCUT2D eigenvalue weighted by molar-refractivity contribution is 6.30. The number of aliphatic hydroxyl groups excluding tert-OH is 1. The molecule has 130 valence electrons. The molecule has 1 N–H and O–H groups in total. The molecule has 3 atom stereocenters. The summed E-state index contributed by atoms with van der Waals surface area (Å²) in [4.78, 5) is 7.07. The Morgan fingerprint density at radius 1 is 1.33 bits per heavy atom. The summed E-state index contributed by atoms with van der Waals surface area (Å²) in [5, 5.41) is 10.4. The second-order valence-corrected chi connectivity index (χ2v) is 7.20. The van der Waals surface area contributed by atoms with Crippen LogP contribution in [0.2, 0.25) is 5.02 Å². The van der Waals surface area contributed by atoms with E-state index in [-0.39, 0.29) is 12.1 Å². The van der Waals surface area contributed by atoms with Crippen molar-refractivity contribution >= 4 is 11.6 Å². The Balaban J connectivity index is 1.82. The Hall–Kier alpha value is -1.36. The zero-order valence-electron chi connectivity index (χ0n) is 14.5. The zero-order valence-corrected chi connectivity index (χ0v) is 15.3. The van der Waals surface area contributed by atoms with Gasteiger partial charge in [-0.15, -0.1) is 0 Å². The first-order valence-electron chi connectivity index (χ1n) is 8.62. The minimum absolute atomic E-state index is 0.107. The molecule has 0 spiro atoms. The number of halogens is 1. The topological polar surface area (TPSA) is 49.5 Å². The summed E-state index contributed by atoms with van der Waals surface area (Å²) in [7, 11) is 0. The third kappa shape index (κ3) is 3.66. The van der Waals surface area contributed by atoms with Gasteiger partial charge in [0.2, 0.25) is 5.89 Å². The Morgan fingerprint density at radius 3 is 2.71 bits per heavy atom. The van der Waals surface area contributed by atoms with Crippen molar-refractivity contribution in [3.8, 4) is 11.3 Å². The molecule has 1 saturated heterocycles. The molecule has 5 heteroatoms. The fourth-order valence-electron chi connectivity index (χ4n) is 3.62. The largest absolute Gasteiger partial charge is 0.439 e. The van der Waals surface area contributed by atoms with Gasteiger partial charge >= 0.3 is 0 Å². The van der Waals surface area contributed by atoms with Gasteiger partial charge in [-0.25, -0.2) is 4.98 Å². The second kappa shape index (κ2) is 7.26. The average Bonchev–Trinajstić information content (AvgIpc) is 3.14. The van der Waals surface area contributed by atoms with E-state index < -0.39 is 0 Å². The molecule has 1 aromatic carbocycles. The van der Waals surface area contributed by atoms with E-state index in [1.807, 2.05) is 38.1 Å². The van der Waals surface area contributed by atoms with Crippen molar-refractivity contribution in [2.24, 2.45) is 0 Å². The number of benzene rings is 1. The molecule has 2 heterocycles. The molecule has 4 nitrogen and oxygen atoms in total. The first kappa shape index (κ1) is 17.5. The number of likely N-dealkylation sites (tertiary alicyclic amines) is 1. The molecule has 1 aliphatic rings. The van der Waals surface area contributed by atoms with Crippen LogP contribution in [-0.2, 0) is 0 Å². The summed E-state index contributed by atoms with van der Waals surface area (Å²) >= 11 is 5.96. The van der Waals surface area contributed by atoms with Crippen LogP contribution in [0.4, 0.5) is 0 Å². The van der Waals surface area contributed by atoms with Crippen LogP contribution in [-0.4, -0.2) is 33.7 Å². The fraction of sp³-hybridized carbons (Fsp3) is 0.526. The van der Waals surface area contributed by atoms with Crippen LogP contribution in [0.25, 0.3) is 11.3 Å². The Labute approximate surface area is 148 Å². The number of aromatic nitrogens is 1. The zero-order chi connectivity index (χ0) is 17.3. The predicted octanol–water partition coefficient (Wildman–Crippen LogP) is 4.60. The van der Waals surface area contributed by atoms with Crippen molar-refractivity contribution in [1.82, 2.24) is 9.88 Å². The number of hydrogen-bond donors (Lipinski definition) is 1. The van der Waals surface area contributed by atoms with E-state index in [0.29, 0.717) is 11.1 Å². The minimum atomic E-state index is -0.279. The number of oxazole rings is 1. The average molecular weight is 349 g/mol. The van der Waals surface area contributed by atoms with E-state index in [9.17, 15) is 5.11 Å². The van der Waals surface area contributed by atoms with E-state index in [2.05, 4.69) is 16.8 Å². The summed E-state index contributed by atoms with van der Waals surface area (Å²) in [5.74, 6) is 1.55. The number of nitrogens with zero attached hydrogens (tertiary/aromatic N) is 2. The molecule has 3 unspecified atom stereocenters. The van der Waals surface area contributed by atoms with Gasteiger partial charge in [-0.2, -0.15) is 0 Å². The van der Waals surface area contributed by atoms with Gasteiger partial charge < -0.3 is 9.52 Å². The second-order valence-electron chi connectivity index (χ2n) is 6.77. The molecule has 1 fully saturated rings. The normalized spacial score (nSPS) is 21.1. The maximum Gasteiger partial charge on any atom is 0.212 e. The molecular formula is C19H25ClN2O2. The Bertz CT molecular complexity index is 681. The van der Waals surface area contributed by atoms with Crippen LogP contribution in [0.15, 0.2) is 28.7 Å². The smallest absolute Gasteiger partial charge is 0.212 e. The van der Waals surface area contributed by atoms with Crippen molar-refractivity contribution in [2.75, 3.05) is 6.54 Å². The standard InChI is InChI=1S/C19H25ClN2O2/c1-12(23)11-17-5-4-10-22(17)14(3)19-21-13(2)18(24-19)15-6-8-16(20)9-7-15/h6-9,12,14,17,23H,4-5,10-11H2,1-3H3. The van der Waals surface area contributed by atoms with E-state index >= 15 is 0 Å². The van der Waals surface area contributed by atoms with Crippen LogP contribution < -0.4 is 0 Å². The predicted molar refractivity (Wildman–Crippen MR) is 96.1 cm³/mol. The Morgan fingerprint density at radius 2 is 2.04 bits per heavy atom. The lowest BCUT2D eigenvalue weighted by Crippen LogP contribution is -2.34. The molecule has 0 saturated carbocycles. The van der Waals surface area contributed by atoms with Gasteiger partial charge in [0.05, 0.1) is 17.8 Å². The lowest BCUT2D eigenvalue weighted by Gasteiger charge is -2.29. The molecule has 24 heavy (non-hydrogen) atoms. The summed E-state index contributed by atoms with van der Waals surface area (Å²) in [6, 6.07) is 8.14. The number of aliphatic hydroxyl groups is 1. The van der Waals surface area contributed by atoms with Crippen molar-refractivity contribution in [1.29, 1.82) is 0 Å². The van der Waals surface area contributed by atoms with Gasteiger partial charge in [-0.1, -0.05) is 11.6 Å². The van der Waals surface area contributed by atoms with E-state index in [4.69, 9.17) is 16.0 Å². The lowest BCUT2D eigenvalue weighted by molar-refractivity contribution is 0.105. The van der Waals surface area contributed by atoms with Crippen LogP contribution in [0.1, 0.15) is 50.7 Å². The maximum absolute atomic E-state index is 9.73. The van der Waals surface area contributed by atoms with E-state index in [0.717, 1.165) is 48.7 Å². The summed E-state index contributed by atoms with van der Waals surface area (Å²) < 4.78 is 6.11. The number of aryl methyl sites for hydroxylation is 1. The van der Waals surface area contributed by atoms with Crippen molar-refractivity contribution < 1.29 is 9.52 Å². The molecule has 2 aromatic rings. The highest BCUT2D eigenvalue weighted by atomic mass is 35.5. The fourth-order valence-corrected chi connectivity index (χ4v) is 3.75. The third-order valence-corrected chi connectivity index (χ3v) is 5.06. The molecule has 0 bridgehead atoms. The van der Waals surface area contributed by atoms with Crippen LogP contribution in [0.5, 0.6) is 0 Å². The van der Waals surface area contributed by atoms with Gasteiger partial charge in [0.15, 0.2) is 5.76 Å². The first-order chi connectivity index (χ1) is 11.5. The highest BCUT2D eigenvalue weighted by Gasteiger charge is 2.32. The van der Waals surface area contributed by atoms with Gasteiger partial charge in [0, 0.05) is 16.6 Å². The van der Waals surface area contributed by atoms with Gasteiger partial charge in [-0.05, 0) is 70.8 Å². The molecule has 0 amide bonds. The summed E-state index contributed by atoms with van der Waals surface area (Å²) in [5.41, 5.74) is 1.88.